The maximum absolute atomic E-state index is 11.8. The second-order valence-corrected chi connectivity index (χ2v) is 5.59. The maximum atomic E-state index is 11.8. The first-order chi connectivity index (χ1) is 8.03. The van der Waals surface area contributed by atoms with Gasteiger partial charge in [0.05, 0.1) is 5.69 Å². The van der Waals surface area contributed by atoms with Gasteiger partial charge >= 0.3 is 0 Å². The largest absolute Gasteiger partial charge is 0.373 e. The van der Waals surface area contributed by atoms with Crippen LogP contribution in [0.15, 0.2) is 29.2 Å². The van der Waals surface area contributed by atoms with Crippen molar-refractivity contribution >= 4 is 15.7 Å². The molecule has 0 aliphatic rings. The van der Waals surface area contributed by atoms with Crippen LogP contribution >= 0.6 is 0 Å². The molecule has 1 aromatic rings. The van der Waals surface area contributed by atoms with Gasteiger partial charge < -0.3 is 10.6 Å². The molecule has 5 nitrogen and oxygen atoms in total. The molecule has 0 aliphatic heterocycles. The molecule has 0 bridgehead atoms. The SMILES string of the molecule is CNS(=O)(=O)c1ccccc1N(C)CCCN. The average molecular weight is 257 g/mol. The molecule has 0 radical (unpaired) electrons. The van der Waals surface area contributed by atoms with E-state index < -0.39 is 10.0 Å². The highest BCUT2D eigenvalue weighted by atomic mass is 32.2. The second-order valence-electron chi connectivity index (χ2n) is 3.74. The Hall–Kier alpha value is -1.11. The van der Waals surface area contributed by atoms with Gasteiger partial charge in [0.15, 0.2) is 0 Å². The molecule has 1 aromatic carbocycles. The van der Waals surface area contributed by atoms with Crippen LogP contribution in [0.4, 0.5) is 5.69 Å². The summed E-state index contributed by atoms with van der Waals surface area (Å²) in [5.74, 6) is 0. The van der Waals surface area contributed by atoms with Crippen molar-refractivity contribution in [3.05, 3.63) is 24.3 Å². The molecule has 3 N–H and O–H groups in total. The molecule has 0 fully saturated rings. The van der Waals surface area contributed by atoms with Crippen LogP contribution < -0.4 is 15.4 Å². The molecule has 0 unspecified atom stereocenters. The molecule has 1 rings (SSSR count). The van der Waals surface area contributed by atoms with E-state index in [4.69, 9.17) is 5.73 Å². The molecule has 96 valence electrons. The van der Waals surface area contributed by atoms with Crippen molar-refractivity contribution in [2.75, 3.05) is 32.1 Å². The molecule has 17 heavy (non-hydrogen) atoms. The van der Waals surface area contributed by atoms with Crippen molar-refractivity contribution < 1.29 is 8.42 Å². The third kappa shape index (κ3) is 3.42. The van der Waals surface area contributed by atoms with Crippen molar-refractivity contribution in [2.24, 2.45) is 5.73 Å². The Bertz CT molecular complexity index is 460. The van der Waals surface area contributed by atoms with Crippen LogP contribution in [0.2, 0.25) is 0 Å². The number of hydrogen-bond donors (Lipinski definition) is 2. The number of sulfonamides is 1. The summed E-state index contributed by atoms with van der Waals surface area (Å²) in [6, 6.07) is 6.92. The number of nitrogens with one attached hydrogen (secondary N) is 1. The quantitative estimate of drug-likeness (QED) is 0.772. The number of hydrogen-bond acceptors (Lipinski definition) is 4. The van der Waals surface area contributed by atoms with Crippen molar-refractivity contribution in [1.82, 2.24) is 4.72 Å². The zero-order valence-electron chi connectivity index (χ0n) is 10.2. The van der Waals surface area contributed by atoms with Crippen LogP contribution in [0, 0.1) is 0 Å². The first-order valence-electron chi connectivity index (χ1n) is 5.46. The summed E-state index contributed by atoms with van der Waals surface area (Å²) in [5, 5.41) is 0. The number of nitrogens with zero attached hydrogens (tertiary/aromatic N) is 1. The molecule has 0 atom stereocenters. The van der Waals surface area contributed by atoms with Crippen LogP contribution in [0.3, 0.4) is 0 Å². The van der Waals surface area contributed by atoms with Gasteiger partial charge in [-0.25, -0.2) is 13.1 Å². The van der Waals surface area contributed by atoms with Crippen LogP contribution in [0.25, 0.3) is 0 Å². The van der Waals surface area contributed by atoms with Gasteiger partial charge in [-0.1, -0.05) is 12.1 Å². The predicted octanol–water partition coefficient (Wildman–Crippen LogP) is 0.380. The summed E-state index contributed by atoms with van der Waals surface area (Å²) in [7, 11) is -0.152. The molecule has 0 saturated carbocycles. The summed E-state index contributed by atoms with van der Waals surface area (Å²) in [5.41, 5.74) is 6.14. The predicted molar refractivity (Wildman–Crippen MR) is 69.6 cm³/mol. The fourth-order valence-electron chi connectivity index (χ4n) is 1.56. The van der Waals surface area contributed by atoms with Crippen molar-refractivity contribution in [3.63, 3.8) is 0 Å². The molecule has 0 spiro atoms. The van der Waals surface area contributed by atoms with Crippen LogP contribution in [0.1, 0.15) is 6.42 Å². The number of benzene rings is 1. The number of rotatable bonds is 6. The first kappa shape index (κ1) is 14.0. The molecule has 6 heteroatoms. The highest BCUT2D eigenvalue weighted by molar-refractivity contribution is 7.89. The Kier molecular flexibility index (Phi) is 4.92. The lowest BCUT2D eigenvalue weighted by molar-refractivity contribution is 0.588. The molecule has 0 heterocycles. The summed E-state index contributed by atoms with van der Waals surface area (Å²) in [6.07, 6.45) is 0.824. The lowest BCUT2D eigenvalue weighted by atomic mass is 10.3. The highest BCUT2D eigenvalue weighted by Crippen LogP contribution is 2.23. The Morgan fingerprint density at radius 1 is 1.35 bits per heavy atom. The van der Waals surface area contributed by atoms with E-state index in [9.17, 15) is 8.42 Å². The van der Waals surface area contributed by atoms with Crippen molar-refractivity contribution in [1.29, 1.82) is 0 Å². The minimum atomic E-state index is -3.42. The second kappa shape index (κ2) is 6.00. The van der Waals surface area contributed by atoms with Gasteiger partial charge in [-0.05, 0) is 32.1 Å². The standard InChI is InChI=1S/C11H19N3O2S/c1-13-17(15,16)11-7-4-3-6-10(11)14(2)9-5-8-12/h3-4,6-7,13H,5,8-9,12H2,1-2H3. The average Bonchev–Trinajstić information content (AvgIpc) is 2.36. The number of anilines is 1. The van der Waals surface area contributed by atoms with Crippen LogP contribution in [0.5, 0.6) is 0 Å². The molecule has 0 amide bonds. The molecular formula is C11H19N3O2S. The van der Waals surface area contributed by atoms with E-state index in [1.165, 1.54) is 7.05 Å². The van der Waals surface area contributed by atoms with E-state index in [-0.39, 0.29) is 0 Å². The Labute approximate surface area is 103 Å². The van der Waals surface area contributed by atoms with E-state index in [1.807, 2.05) is 18.0 Å². The number of nitrogens with two attached hydrogens (primary N) is 1. The summed E-state index contributed by atoms with van der Waals surface area (Å²) < 4.78 is 26.0. The summed E-state index contributed by atoms with van der Waals surface area (Å²) >= 11 is 0. The molecular weight excluding hydrogens is 238 g/mol. The minimum absolute atomic E-state index is 0.294. The smallest absolute Gasteiger partial charge is 0.242 e. The van der Waals surface area contributed by atoms with E-state index in [0.717, 1.165) is 13.0 Å². The lowest BCUT2D eigenvalue weighted by Gasteiger charge is -2.21. The van der Waals surface area contributed by atoms with E-state index in [1.54, 1.807) is 18.2 Å². The fraction of sp³-hybridized carbons (Fsp3) is 0.455. The van der Waals surface area contributed by atoms with Gasteiger partial charge in [-0.3, -0.25) is 0 Å². The molecule has 0 aromatic heterocycles. The summed E-state index contributed by atoms with van der Waals surface area (Å²) in [4.78, 5) is 2.19. The third-order valence-corrected chi connectivity index (χ3v) is 3.99. The molecule has 0 saturated heterocycles. The van der Waals surface area contributed by atoms with Gasteiger partial charge in [-0.2, -0.15) is 0 Å². The van der Waals surface area contributed by atoms with Gasteiger partial charge in [0.25, 0.3) is 0 Å². The van der Waals surface area contributed by atoms with Crippen molar-refractivity contribution in [3.8, 4) is 0 Å². The van der Waals surface area contributed by atoms with Crippen LogP contribution in [-0.4, -0.2) is 35.6 Å². The zero-order valence-corrected chi connectivity index (χ0v) is 11.0. The Balaban J connectivity index is 3.08. The number of para-hydroxylation sites is 1. The molecule has 0 aliphatic carbocycles. The Morgan fingerprint density at radius 2 is 2.00 bits per heavy atom. The fourth-order valence-corrected chi connectivity index (χ4v) is 2.54. The highest BCUT2D eigenvalue weighted by Gasteiger charge is 2.17. The zero-order chi connectivity index (χ0) is 12.9. The van der Waals surface area contributed by atoms with Crippen molar-refractivity contribution in [2.45, 2.75) is 11.3 Å². The van der Waals surface area contributed by atoms with Gasteiger partial charge in [0.2, 0.25) is 10.0 Å². The monoisotopic (exact) mass is 257 g/mol. The third-order valence-electron chi connectivity index (χ3n) is 2.53. The summed E-state index contributed by atoms with van der Waals surface area (Å²) in [6.45, 7) is 1.32. The van der Waals surface area contributed by atoms with Crippen LogP contribution in [-0.2, 0) is 10.0 Å². The normalized spacial score (nSPS) is 11.5. The lowest BCUT2D eigenvalue weighted by Crippen LogP contribution is -2.26. The van der Waals surface area contributed by atoms with Gasteiger partial charge in [0, 0.05) is 13.6 Å². The maximum Gasteiger partial charge on any atom is 0.242 e. The first-order valence-corrected chi connectivity index (χ1v) is 6.95. The Morgan fingerprint density at radius 3 is 2.59 bits per heavy atom. The topological polar surface area (TPSA) is 75.4 Å². The van der Waals surface area contributed by atoms with Gasteiger partial charge in [0.1, 0.15) is 4.90 Å². The minimum Gasteiger partial charge on any atom is -0.373 e. The van der Waals surface area contributed by atoms with E-state index >= 15 is 0 Å². The van der Waals surface area contributed by atoms with Gasteiger partial charge in [-0.15, -0.1) is 0 Å². The van der Waals surface area contributed by atoms with E-state index in [2.05, 4.69) is 4.72 Å². The van der Waals surface area contributed by atoms with E-state index in [0.29, 0.717) is 17.1 Å².